The molecule has 4 rings (SSSR count). The maximum Gasteiger partial charge on any atom is 0.243 e. The summed E-state index contributed by atoms with van der Waals surface area (Å²) >= 11 is 0. The van der Waals surface area contributed by atoms with Crippen LogP contribution in [0.3, 0.4) is 0 Å². The first kappa shape index (κ1) is 16.7. The largest absolute Gasteiger partial charge is 0.484 e. The predicted molar refractivity (Wildman–Crippen MR) is 94.9 cm³/mol. The number of hydrogen-bond acceptors (Lipinski definition) is 6. The Labute approximate surface area is 150 Å². The molecule has 0 spiro atoms. The minimum Gasteiger partial charge on any atom is -0.484 e. The number of fused-ring (bicyclic) bond motifs is 1. The number of ether oxygens (including phenoxy) is 1. The quantitative estimate of drug-likeness (QED) is 0.642. The van der Waals surface area contributed by atoms with E-state index in [0.717, 1.165) is 12.0 Å². The zero-order valence-electron chi connectivity index (χ0n) is 14.8. The third kappa shape index (κ3) is 3.21. The molecule has 3 aromatic heterocycles. The zero-order valence-corrected chi connectivity index (χ0v) is 14.8. The van der Waals surface area contributed by atoms with Crippen molar-refractivity contribution in [1.82, 2.24) is 29.8 Å². The van der Waals surface area contributed by atoms with Crippen LogP contribution in [-0.4, -0.2) is 48.6 Å². The van der Waals surface area contributed by atoms with Crippen molar-refractivity contribution in [3.8, 4) is 17.0 Å². The number of nitrogens with zero attached hydrogens (tertiary/aromatic N) is 5. The molecule has 8 nitrogen and oxygen atoms in total. The second-order valence-electron chi connectivity index (χ2n) is 6.71. The first-order chi connectivity index (χ1) is 12.7. The Morgan fingerprint density at radius 2 is 2.31 bits per heavy atom. The molecule has 0 radical (unpaired) electrons. The van der Waals surface area contributed by atoms with Gasteiger partial charge >= 0.3 is 0 Å². The van der Waals surface area contributed by atoms with Crippen LogP contribution in [-0.2, 0) is 0 Å². The molecule has 0 aliphatic heterocycles. The van der Waals surface area contributed by atoms with E-state index in [1.54, 1.807) is 30.2 Å². The van der Waals surface area contributed by atoms with Crippen LogP contribution in [0.15, 0.2) is 18.7 Å². The van der Waals surface area contributed by atoms with E-state index in [1.807, 2.05) is 0 Å². The number of aromatic amines is 1. The van der Waals surface area contributed by atoms with Crippen molar-refractivity contribution in [3.63, 3.8) is 0 Å². The topological polar surface area (TPSA) is 93.0 Å². The molecule has 9 heteroatoms. The summed E-state index contributed by atoms with van der Waals surface area (Å²) in [5.41, 5.74) is 2.05. The van der Waals surface area contributed by atoms with Crippen LogP contribution in [0.5, 0.6) is 5.75 Å². The Balaban J connectivity index is 1.78. The van der Waals surface area contributed by atoms with Crippen LogP contribution in [0.4, 0.5) is 10.3 Å². The van der Waals surface area contributed by atoms with E-state index in [-0.39, 0.29) is 12.1 Å². The van der Waals surface area contributed by atoms with Gasteiger partial charge in [-0.3, -0.25) is 5.10 Å². The number of hydrogen-bond donors (Lipinski definition) is 2. The van der Waals surface area contributed by atoms with Crippen LogP contribution in [0, 0.1) is 5.92 Å². The molecule has 1 aliphatic carbocycles. The summed E-state index contributed by atoms with van der Waals surface area (Å²) in [6.07, 6.45) is 8.45. The van der Waals surface area contributed by atoms with E-state index >= 15 is 0 Å². The molecule has 1 aliphatic rings. The summed E-state index contributed by atoms with van der Waals surface area (Å²) in [4.78, 5) is 9.02. The highest BCUT2D eigenvalue weighted by Crippen LogP contribution is 2.39. The molecule has 2 N–H and O–H groups in total. The summed E-state index contributed by atoms with van der Waals surface area (Å²) in [6, 6.07) is -0.368. The van der Waals surface area contributed by atoms with Crippen molar-refractivity contribution in [2.75, 3.05) is 12.0 Å². The third-order valence-electron chi connectivity index (χ3n) is 4.54. The minimum absolute atomic E-state index is 0.117. The standard InChI is InChI=1S/C17H22FN7O/c1-3-13(11-4-5-11)26-15-14(12-7-20-21-8-12)19-9-25-16(15)23-17(24-25)22-10(2)6-18/h7-11,13H,3-6H2,1-2H3,(H,20,21)(H,22,24)/t10-,13?/m0/s1. The highest BCUT2D eigenvalue weighted by molar-refractivity contribution is 5.73. The Hall–Kier alpha value is -2.71. The smallest absolute Gasteiger partial charge is 0.243 e. The third-order valence-corrected chi connectivity index (χ3v) is 4.54. The Bertz CT molecular complexity index is 875. The number of nitrogens with one attached hydrogen (secondary N) is 2. The summed E-state index contributed by atoms with van der Waals surface area (Å²) in [6.45, 7) is 3.35. The molecule has 2 atom stereocenters. The van der Waals surface area contributed by atoms with Crippen molar-refractivity contribution < 1.29 is 9.13 Å². The van der Waals surface area contributed by atoms with Crippen LogP contribution in [0.2, 0.25) is 0 Å². The van der Waals surface area contributed by atoms with Gasteiger partial charge < -0.3 is 10.1 Å². The van der Waals surface area contributed by atoms with Crippen LogP contribution < -0.4 is 10.1 Å². The monoisotopic (exact) mass is 359 g/mol. The second-order valence-corrected chi connectivity index (χ2v) is 6.71. The number of anilines is 1. The van der Waals surface area contributed by atoms with Crippen molar-refractivity contribution in [2.24, 2.45) is 5.92 Å². The van der Waals surface area contributed by atoms with Gasteiger partial charge in [-0.2, -0.15) is 14.6 Å². The van der Waals surface area contributed by atoms with E-state index in [2.05, 4.69) is 37.5 Å². The SMILES string of the molecule is CCC(Oc1c(-c2cn[nH]c2)ncn2nc(N[C@@H](C)CF)nc12)C1CC1. The normalized spacial score (nSPS) is 16.6. The lowest BCUT2D eigenvalue weighted by molar-refractivity contribution is 0.175. The molecule has 138 valence electrons. The lowest BCUT2D eigenvalue weighted by Gasteiger charge is -2.18. The first-order valence-electron chi connectivity index (χ1n) is 8.93. The Morgan fingerprint density at radius 1 is 1.46 bits per heavy atom. The lowest BCUT2D eigenvalue weighted by Crippen LogP contribution is -2.19. The highest BCUT2D eigenvalue weighted by atomic mass is 19.1. The molecular formula is C17H22FN7O. The average Bonchev–Trinajstić information content (AvgIpc) is 3.18. The summed E-state index contributed by atoms with van der Waals surface area (Å²) in [5.74, 6) is 1.51. The van der Waals surface area contributed by atoms with Crippen LogP contribution in [0.25, 0.3) is 16.9 Å². The fourth-order valence-corrected chi connectivity index (χ4v) is 2.98. The maximum atomic E-state index is 12.8. The number of rotatable bonds is 8. The number of aromatic nitrogens is 6. The maximum absolute atomic E-state index is 12.8. The zero-order chi connectivity index (χ0) is 18.1. The molecule has 3 aromatic rings. The molecule has 0 aromatic carbocycles. The second kappa shape index (κ2) is 6.89. The van der Waals surface area contributed by atoms with Gasteiger partial charge in [0.25, 0.3) is 0 Å². The van der Waals surface area contributed by atoms with Gasteiger partial charge in [0.05, 0.1) is 12.2 Å². The molecule has 1 unspecified atom stereocenters. The average molecular weight is 359 g/mol. The molecule has 0 saturated heterocycles. The van der Waals surface area contributed by atoms with Crippen molar-refractivity contribution in [2.45, 2.75) is 45.3 Å². The molecule has 0 bridgehead atoms. The molecule has 1 fully saturated rings. The van der Waals surface area contributed by atoms with E-state index in [9.17, 15) is 4.39 Å². The predicted octanol–water partition coefficient (Wildman–Crippen LogP) is 2.85. The first-order valence-corrected chi connectivity index (χ1v) is 8.93. The highest BCUT2D eigenvalue weighted by Gasteiger charge is 2.33. The van der Waals surface area contributed by atoms with Crippen molar-refractivity contribution >= 4 is 11.6 Å². The number of halogens is 1. The van der Waals surface area contributed by atoms with E-state index in [1.165, 1.54) is 12.8 Å². The number of H-pyrrole nitrogens is 1. The summed E-state index contributed by atoms with van der Waals surface area (Å²) < 4.78 is 20.7. The summed E-state index contributed by atoms with van der Waals surface area (Å²) in [7, 11) is 0. The fourth-order valence-electron chi connectivity index (χ4n) is 2.98. The van der Waals surface area contributed by atoms with E-state index in [0.29, 0.717) is 29.0 Å². The van der Waals surface area contributed by atoms with Gasteiger partial charge in [0.1, 0.15) is 24.8 Å². The number of alkyl halides is 1. The van der Waals surface area contributed by atoms with Gasteiger partial charge in [-0.25, -0.2) is 9.37 Å². The molecular weight excluding hydrogens is 337 g/mol. The summed E-state index contributed by atoms with van der Waals surface area (Å²) in [5, 5.41) is 14.1. The fraction of sp³-hybridized carbons (Fsp3) is 0.529. The molecule has 26 heavy (non-hydrogen) atoms. The minimum atomic E-state index is -0.503. The Morgan fingerprint density at radius 3 is 2.96 bits per heavy atom. The van der Waals surface area contributed by atoms with Crippen LogP contribution in [0.1, 0.15) is 33.1 Å². The van der Waals surface area contributed by atoms with Crippen molar-refractivity contribution in [1.29, 1.82) is 0 Å². The molecule has 0 amide bonds. The van der Waals surface area contributed by atoms with Crippen molar-refractivity contribution in [3.05, 3.63) is 18.7 Å². The van der Waals surface area contributed by atoms with Gasteiger partial charge in [-0.05, 0) is 32.1 Å². The van der Waals surface area contributed by atoms with Gasteiger partial charge in [-0.15, -0.1) is 5.10 Å². The Kier molecular flexibility index (Phi) is 4.44. The van der Waals surface area contributed by atoms with E-state index in [4.69, 9.17) is 4.74 Å². The van der Waals surface area contributed by atoms with Gasteiger partial charge in [-0.1, -0.05) is 6.92 Å². The lowest BCUT2D eigenvalue weighted by atomic mass is 10.1. The van der Waals surface area contributed by atoms with Gasteiger partial charge in [0, 0.05) is 11.8 Å². The molecule has 1 saturated carbocycles. The molecule has 3 heterocycles. The van der Waals surface area contributed by atoms with Gasteiger partial charge in [0.15, 0.2) is 5.75 Å². The van der Waals surface area contributed by atoms with Gasteiger partial charge in [0.2, 0.25) is 11.6 Å². The van der Waals surface area contributed by atoms with E-state index < -0.39 is 6.67 Å². The van der Waals surface area contributed by atoms with Crippen LogP contribution >= 0.6 is 0 Å².